The molecule has 132 valence electrons. The van der Waals surface area contributed by atoms with Gasteiger partial charge in [-0.05, 0) is 39.9 Å². The predicted molar refractivity (Wildman–Crippen MR) is 104 cm³/mol. The van der Waals surface area contributed by atoms with E-state index in [0.717, 1.165) is 58.7 Å². The Hall–Kier alpha value is -1.18. The molecular weight excluding hydrogens is 340 g/mol. The number of hydrogen-bond donors (Lipinski definition) is 0. The molecule has 1 saturated heterocycles. The number of hydrogen-bond acceptors (Lipinski definition) is 6. The summed E-state index contributed by atoms with van der Waals surface area (Å²) in [5, 5.41) is 1.06. The van der Waals surface area contributed by atoms with E-state index in [1.807, 2.05) is 11.0 Å². The minimum atomic E-state index is 0.168. The Balaban J connectivity index is 1.73. The lowest BCUT2D eigenvalue weighted by molar-refractivity contribution is 0.0786. The van der Waals surface area contributed by atoms with Gasteiger partial charge in [0.2, 0.25) is 0 Å². The number of likely N-dealkylation sites (N-methyl/N-ethyl adjacent to an activating group) is 1. The van der Waals surface area contributed by atoms with Gasteiger partial charge in [-0.1, -0.05) is 18.3 Å². The molecule has 1 aliphatic rings. The highest BCUT2D eigenvalue weighted by atomic mass is 32.1. The first kappa shape index (κ1) is 17.6. The van der Waals surface area contributed by atoms with Gasteiger partial charge in [0.1, 0.15) is 4.83 Å². The molecule has 3 heterocycles. The van der Waals surface area contributed by atoms with Crippen LogP contribution < -0.4 is 4.90 Å². The van der Waals surface area contributed by atoms with Gasteiger partial charge in [-0.25, -0.2) is 4.98 Å². The summed E-state index contributed by atoms with van der Waals surface area (Å²) in [6, 6.07) is 2.52. The number of carbonyl (C=O) groups excluding carboxylic acids is 1. The fourth-order valence-corrected chi connectivity index (χ4v) is 5.46. The molecule has 24 heavy (non-hydrogen) atoms. The number of likely N-dealkylation sites (tertiary alicyclic amines) is 1. The third-order valence-electron chi connectivity index (χ3n) is 4.90. The first-order valence-electron chi connectivity index (χ1n) is 8.72. The van der Waals surface area contributed by atoms with Gasteiger partial charge in [0.05, 0.1) is 9.58 Å². The van der Waals surface area contributed by atoms with Gasteiger partial charge in [-0.3, -0.25) is 4.79 Å². The fourth-order valence-electron chi connectivity index (χ4n) is 3.16. The van der Waals surface area contributed by atoms with Crippen molar-refractivity contribution in [1.29, 1.82) is 0 Å². The van der Waals surface area contributed by atoms with Crippen LogP contribution in [0.2, 0.25) is 0 Å². The number of fused-ring (bicyclic) bond motifs is 1. The number of amides is 1. The Labute approximate surface area is 151 Å². The number of aromatic nitrogens is 1. The van der Waals surface area contributed by atoms with Gasteiger partial charge in [0, 0.05) is 32.2 Å². The van der Waals surface area contributed by atoms with Gasteiger partial charge in [0.15, 0.2) is 5.13 Å². The molecule has 0 radical (unpaired) electrons. The lowest BCUT2D eigenvalue weighted by Crippen LogP contribution is -2.36. The molecule has 0 bridgehead atoms. The summed E-state index contributed by atoms with van der Waals surface area (Å²) in [5.74, 6) is 0.168. The predicted octanol–water partition coefficient (Wildman–Crippen LogP) is 3.37. The average Bonchev–Trinajstić information content (AvgIpc) is 3.29. The van der Waals surface area contributed by atoms with Crippen molar-refractivity contribution in [3.8, 4) is 0 Å². The zero-order chi connectivity index (χ0) is 17.3. The van der Waals surface area contributed by atoms with Crippen molar-refractivity contribution in [2.45, 2.75) is 33.2 Å². The second kappa shape index (κ2) is 7.37. The van der Waals surface area contributed by atoms with E-state index in [0.29, 0.717) is 6.04 Å². The lowest BCUT2D eigenvalue weighted by Gasteiger charge is -2.22. The van der Waals surface area contributed by atoms with Crippen molar-refractivity contribution < 1.29 is 4.79 Å². The Morgan fingerprint density at radius 3 is 2.67 bits per heavy atom. The number of anilines is 1. The minimum absolute atomic E-state index is 0.168. The molecule has 7 heteroatoms. The lowest BCUT2D eigenvalue weighted by atomic mass is 10.2. The maximum absolute atomic E-state index is 12.8. The number of carbonyl (C=O) groups is 1. The first-order chi connectivity index (χ1) is 11.6. The largest absolute Gasteiger partial charge is 0.349 e. The van der Waals surface area contributed by atoms with E-state index in [4.69, 9.17) is 4.98 Å². The molecule has 2 aromatic heterocycles. The first-order valence-corrected chi connectivity index (χ1v) is 10.3. The van der Waals surface area contributed by atoms with Crippen molar-refractivity contribution in [3.05, 3.63) is 10.9 Å². The van der Waals surface area contributed by atoms with E-state index in [1.165, 1.54) is 11.3 Å². The Morgan fingerprint density at radius 2 is 2.04 bits per heavy atom. The molecule has 0 N–H and O–H groups in total. The van der Waals surface area contributed by atoms with E-state index in [2.05, 4.69) is 37.6 Å². The molecule has 5 nitrogen and oxygen atoms in total. The standard InChI is InChI=1S/C17H26N4OS2/c1-5-19(4)12-8-9-21(11-12)16(22)14-10-13-15(23-14)18-17(24-13)20(6-2)7-3/h10,12H,5-9,11H2,1-4H3. The Bertz CT molecular complexity index is 675. The number of rotatable bonds is 6. The highest BCUT2D eigenvalue weighted by Gasteiger charge is 2.30. The highest BCUT2D eigenvalue weighted by Crippen LogP contribution is 2.35. The quantitative estimate of drug-likeness (QED) is 0.786. The second-order valence-electron chi connectivity index (χ2n) is 6.22. The van der Waals surface area contributed by atoms with Gasteiger partial charge in [-0.2, -0.15) is 0 Å². The van der Waals surface area contributed by atoms with E-state index in [-0.39, 0.29) is 5.91 Å². The van der Waals surface area contributed by atoms with Gasteiger partial charge in [0.25, 0.3) is 5.91 Å². The molecule has 1 fully saturated rings. The average molecular weight is 367 g/mol. The van der Waals surface area contributed by atoms with Crippen molar-refractivity contribution in [2.75, 3.05) is 44.7 Å². The van der Waals surface area contributed by atoms with Crippen molar-refractivity contribution in [2.24, 2.45) is 0 Å². The van der Waals surface area contributed by atoms with Crippen LogP contribution in [0.15, 0.2) is 6.07 Å². The smallest absolute Gasteiger partial charge is 0.264 e. The molecule has 1 aliphatic heterocycles. The van der Waals surface area contributed by atoms with Crippen LogP contribution >= 0.6 is 22.7 Å². The number of thiophene rings is 1. The summed E-state index contributed by atoms with van der Waals surface area (Å²) in [5.41, 5.74) is 0. The third kappa shape index (κ3) is 3.30. The summed E-state index contributed by atoms with van der Waals surface area (Å²) >= 11 is 3.23. The van der Waals surface area contributed by atoms with Gasteiger partial charge < -0.3 is 14.7 Å². The third-order valence-corrected chi connectivity index (χ3v) is 7.10. The summed E-state index contributed by atoms with van der Waals surface area (Å²) in [6.45, 7) is 11.1. The summed E-state index contributed by atoms with van der Waals surface area (Å²) in [7, 11) is 2.14. The summed E-state index contributed by atoms with van der Waals surface area (Å²) < 4.78 is 1.13. The highest BCUT2D eigenvalue weighted by molar-refractivity contribution is 7.29. The van der Waals surface area contributed by atoms with Crippen LogP contribution in [-0.4, -0.2) is 66.5 Å². The van der Waals surface area contributed by atoms with Crippen LogP contribution in [0.3, 0.4) is 0 Å². The molecule has 2 aromatic rings. The molecule has 0 aliphatic carbocycles. The van der Waals surface area contributed by atoms with Crippen molar-refractivity contribution in [3.63, 3.8) is 0 Å². The van der Waals surface area contributed by atoms with Crippen molar-refractivity contribution in [1.82, 2.24) is 14.8 Å². The summed E-state index contributed by atoms with van der Waals surface area (Å²) in [4.78, 5) is 25.9. The topological polar surface area (TPSA) is 39.7 Å². The van der Waals surface area contributed by atoms with Crippen LogP contribution in [0.5, 0.6) is 0 Å². The monoisotopic (exact) mass is 366 g/mol. The van der Waals surface area contributed by atoms with Crippen LogP contribution in [0.1, 0.15) is 36.9 Å². The van der Waals surface area contributed by atoms with Crippen LogP contribution in [0.4, 0.5) is 5.13 Å². The maximum Gasteiger partial charge on any atom is 0.264 e. The van der Waals surface area contributed by atoms with Crippen LogP contribution in [0.25, 0.3) is 9.53 Å². The maximum atomic E-state index is 12.8. The zero-order valence-corrected chi connectivity index (χ0v) is 16.5. The molecular formula is C17H26N4OS2. The number of nitrogens with zero attached hydrogens (tertiary/aromatic N) is 4. The Morgan fingerprint density at radius 1 is 1.29 bits per heavy atom. The van der Waals surface area contributed by atoms with E-state index in [9.17, 15) is 4.79 Å². The number of thiazole rings is 1. The molecule has 0 spiro atoms. The Kier molecular flexibility index (Phi) is 5.42. The molecule has 1 amide bonds. The minimum Gasteiger partial charge on any atom is -0.349 e. The molecule has 1 atom stereocenters. The zero-order valence-electron chi connectivity index (χ0n) is 14.9. The van der Waals surface area contributed by atoms with Crippen LogP contribution in [-0.2, 0) is 0 Å². The van der Waals surface area contributed by atoms with Crippen LogP contribution in [0, 0.1) is 0 Å². The van der Waals surface area contributed by atoms with E-state index < -0.39 is 0 Å². The second-order valence-corrected chi connectivity index (χ2v) is 8.26. The SMILES string of the molecule is CCN(CC)c1nc2sc(C(=O)N3CCC(N(C)CC)C3)cc2s1. The van der Waals surface area contributed by atoms with Crippen molar-refractivity contribution >= 4 is 43.2 Å². The van der Waals surface area contributed by atoms with E-state index >= 15 is 0 Å². The van der Waals surface area contributed by atoms with Gasteiger partial charge in [-0.15, -0.1) is 11.3 Å². The molecule has 0 saturated carbocycles. The molecule has 3 rings (SSSR count). The summed E-state index contributed by atoms with van der Waals surface area (Å²) in [6.07, 6.45) is 1.07. The molecule has 1 unspecified atom stereocenters. The normalized spacial score (nSPS) is 18.0. The van der Waals surface area contributed by atoms with Gasteiger partial charge >= 0.3 is 0 Å². The fraction of sp³-hybridized carbons (Fsp3) is 0.647. The van der Waals surface area contributed by atoms with E-state index in [1.54, 1.807) is 11.3 Å². The molecule has 0 aromatic carbocycles.